The van der Waals surface area contributed by atoms with Gasteiger partial charge in [-0.2, -0.15) is 0 Å². The molecule has 0 saturated heterocycles. The third kappa shape index (κ3) is 2.57. The lowest BCUT2D eigenvalue weighted by atomic mass is 9.94. The fourth-order valence-corrected chi connectivity index (χ4v) is 4.40. The first kappa shape index (κ1) is 14.6. The van der Waals surface area contributed by atoms with Gasteiger partial charge in [0.25, 0.3) is 0 Å². The summed E-state index contributed by atoms with van der Waals surface area (Å²) in [5.74, 6) is 0. The van der Waals surface area contributed by atoms with Crippen LogP contribution in [0.4, 0.5) is 5.13 Å². The van der Waals surface area contributed by atoms with Gasteiger partial charge in [-0.1, -0.05) is 78.1 Å². The van der Waals surface area contributed by atoms with Crippen molar-refractivity contribution in [3.8, 4) is 11.3 Å². The Morgan fingerprint density at radius 2 is 1.72 bits per heavy atom. The lowest BCUT2D eigenvalue weighted by Crippen LogP contribution is -2.01. The number of hydrogen-bond acceptors (Lipinski definition) is 3. The van der Waals surface area contributed by atoms with Crippen LogP contribution in [0.5, 0.6) is 0 Å². The van der Waals surface area contributed by atoms with Crippen molar-refractivity contribution in [3.05, 3.63) is 82.7 Å². The van der Waals surface area contributed by atoms with Gasteiger partial charge in [-0.05, 0) is 29.2 Å². The molecule has 2 nitrogen and oxygen atoms in total. The molecule has 1 aliphatic carbocycles. The summed E-state index contributed by atoms with van der Waals surface area (Å²) >= 11 is 1.71. The SMILES string of the molecule is C(=Nc1nc2c(s1)CCc1ccccc1-2)c1cccc2ccccc12. The molecule has 0 bridgehead atoms. The minimum absolute atomic E-state index is 0.842. The smallest absolute Gasteiger partial charge is 0.209 e. The van der Waals surface area contributed by atoms with Crippen molar-refractivity contribution in [3.63, 3.8) is 0 Å². The number of aryl methyl sites for hydroxylation is 2. The Labute approximate surface area is 150 Å². The molecular formula is C22H16N2S. The summed E-state index contributed by atoms with van der Waals surface area (Å²) in [6.45, 7) is 0. The summed E-state index contributed by atoms with van der Waals surface area (Å²) in [7, 11) is 0. The third-order valence-corrected chi connectivity index (χ3v) is 5.74. The van der Waals surface area contributed by atoms with Gasteiger partial charge in [-0.25, -0.2) is 9.98 Å². The summed E-state index contributed by atoms with van der Waals surface area (Å²) in [5.41, 5.74) is 4.92. The second-order valence-electron chi connectivity index (χ2n) is 6.25. The highest BCUT2D eigenvalue weighted by Crippen LogP contribution is 2.38. The second-order valence-corrected chi connectivity index (χ2v) is 7.31. The van der Waals surface area contributed by atoms with E-state index >= 15 is 0 Å². The third-order valence-electron chi connectivity index (χ3n) is 4.72. The maximum atomic E-state index is 4.81. The Morgan fingerprint density at radius 3 is 2.72 bits per heavy atom. The minimum Gasteiger partial charge on any atom is -0.227 e. The van der Waals surface area contributed by atoms with Gasteiger partial charge in [0.2, 0.25) is 5.13 Å². The zero-order valence-corrected chi connectivity index (χ0v) is 14.5. The van der Waals surface area contributed by atoms with E-state index in [1.807, 2.05) is 6.21 Å². The van der Waals surface area contributed by atoms with Crippen LogP contribution in [0.1, 0.15) is 16.0 Å². The van der Waals surface area contributed by atoms with Crippen LogP contribution in [-0.4, -0.2) is 11.2 Å². The summed E-state index contributed by atoms with van der Waals surface area (Å²) < 4.78 is 0. The van der Waals surface area contributed by atoms with E-state index in [1.54, 1.807) is 11.3 Å². The van der Waals surface area contributed by atoms with Crippen LogP contribution in [-0.2, 0) is 12.8 Å². The van der Waals surface area contributed by atoms with Gasteiger partial charge in [0, 0.05) is 22.2 Å². The van der Waals surface area contributed by atoms with E-state index in [2.05, 4.69) is 71.7 Å². The molecule has 0 saturated carbocycles. The summed E-state index contributed by atoms with van der Waals surface area (Å²) in [5, 5.41) is 3.30. The van der Waals surface area contributed by atoms with Gasteiger partial charge in [0.05, 0.1) is 5.69 Å². The van der Waals surface area contributed by atoms with Crippen LogP contribution in [0.3, 0.4) is 0 Å². The molecule has 4 aromatic rings. The van der Waals surface area contributed by atoms with Gasteiger partial charge in [0.1, 0.15) is 0 Å². The predicted octanol–water partition coefficient (Wildman–Crippen LogP) is 5.81. The highest BCUT2D eigenvalue weighted by Gasteiger charge is 2.20. The Kier molecular flexibility index (Phi) is 3.46. The van der Waals surface area contributed by atoms with E-state index in [0.29, 0.717) is 0 Å². The van der Waals surface area contributed by atoms with Crippen LogP contribution in [0.15, 0.2) is 71.7 Å². The second kappa shape index (κ2) is 5.94. The highest BCUT2D eigenvalue weighted by atomic mass is 32.1. The van der Waals surface area contributed by atoms with Crippen LogP contribution in [0, 0.1) is 0 Å². The molecule has 3 heteroatoms. The van der Waals surface area contributed by atoms with E-state index in [0.717, 1.165) is 29.2 Å². The van der Waals surface area contributed by atoms with E-state index in [4.69, 9.17) is 4.98 Å². The average Bonchev–Trinajstić information content (AvgIpc) is 3.10. The molecule has 0 fully saturated rings. The number of benzene rings is 3. The number of nitrogens with zero attached hydrogens (tertiary/aromatic N) is 2. The van der Waals surface area contributed by atoms with Crippen LogP contribution >= 0.6 is 11.3 Å². The molecule has 0 N–H and O–H groups in total. The molecule has 0 atom stereocenters. The normalized spacial score (nSPS) is 13.1. The summed E-state index contributed by atoms with van der Waals surface area (Å²) in [6.07, 6.45) is 4.10. The minimum atomic E-state index is 0.842. The molecule has 1 heterocycles. The molecule has 5 rings (SSSR count). The van der Waals surface area contributed by atoms with Crippen LogP contribution in [0.2, 0.25) is 0 Å². The maximum absolute atomic E-state index is 4.81. The van der Waals surface area contributed by atoms with Crippen molar-refractivity contribution in [2.75, 3.05) is 0 Å². The van der Waals surface area contributed by atoms with Crippen molar-refractivity contribution >= 4 is 33.5 Å². The van der Waals surface area contributed by atoms with Gasteiger partial charge in [-0.15, -0.1) is 0 Å². The number of thiazole rings is 1. The topological polar surface area (TPSA) is 25.2 Å². The van der Waals surface area contributed by atoms with E-state index < -0.39 is 0 Å². The molecule has 0 aliphatic heterocycles. The molecule has 0 unspecified atom stereocenters. The molecule has 0 amide bonds. The van der Waals surface area contributed by atoms with Gasteiger partial charge < -0.3 is 0 Å². The molecule has 3 aromatic carbocycles. The summed E-state index contributed by atoms with van der Waals surface area (Å²) in [4.78, 5) is 10.8. The molecule has 25 heavy (non-hydrogen) atoms. The number of aliphatic imine (C=N–C) groups is 1. The monoisotopic (exact) mass is 340 g/mol. The molecule has 0 radical (unpaired) electrons. The van der Waals surface area contributed by atoms with Crippen molar-refractivity contribution in [1.29, 1.82) is 0 Å². The largest absolute Gasteiger partial charge is 0.227 e. The Morgan fingerprint density at radius 1 is 0.880 bits per heavy atom. The Hall–Kier alpha value is -2.78. The fraction of sp³-hybridized carbons (Fsp3) is 0.0909. The van der Waals surface area contributed by atoms with Crippen molar-refractivity contribution in [1.82, 2.24) is 4.98 Å². The highest BCUT2D eigenvalue weighted by molar-refractivity contribution is 7.15. The first-order chi connectivity index (χ1) is 12.4. The first-order valence-electron chi connectivity index (χ1n) is 8.48. The van der Waals surface area contributed by atoms with Crippen LogP contribution in [0.25, 0.3) is 22.0 Å². The standard InChI is InChI=1S/C22H16N2S/c1-3-10-18-15(6-1)8-5-9-17(18)14-23-22-24-21-19-11-4-2-7-16(19)12-13-20(21)25-22/h1-11,14H,12-13H2. The molecule has 1 aliphatic rings. The van der Waals surface area contributed by atoms with Gasteiger partial charge in [-0.3, -0.25) is 0 Å². The Bertz CT molecular complexity index is 1100. The lowest BCUT2D eigenvalue weighted by molar-refractivity contribution is 0.955. The number of fused-ring (bicyclic) bond motifs is 4. The van der Waals surface area contributed by atoms with Gasteiger partial charge >= 0.3 is 0 Å². The predicted molar refractivity (Wildman–Crippen MR) is 106 cm³/mol. The van der Waals surface area contributed by atoms with E-state index in [-0.39, 0.29) is 0 Å². The first-order valence-corrected chi connectivity index (χ1v) is 9.30. The number of hydrogen-bond donors (Lipinski definition) is 0. The quantitative estimate of drug-likeness (QED) is 0.423. The van der Waals surface area contributed by atoms with Crippen molar-refractivity contribution in [2.45, 2.75) is 12.8 Å². The molecule has 1 aromatic heterocycles. The fourth-order valence-electron chi connectivity index (χ4n) is 3.48. The lowest BCUT2D eigenvalue weighted by Gasteiger charge is -2.13. The summed E-state index contributed by atoms with van der Waals surface area (Å²) in [6, 6.07) is 23.3. The van der Waals surface area contributed by atoms with Crippen molar-refractivity contribution < 1.29 is 0 Å². The average molecular weight is 340 g/mol. The van der Waals surface area contributed by atoms with E-state index in [1.165, 1.54) is 26.8 Å². The number of rotatable bonds is 2. The molecular weight excluding hydrogens is 324 g/mol. The molecule has 120 valence electrons. The van der Waals surface area contributed by atoms with Crippen LogP contribution < -0.4 is 0 Å². The van der Waals surface area contributed by atoms with E-state index in [9.17, 15) is 0 Å². The zero-order chi connectivity index (χ0) is 16.6. The maximum Gasteiger partial charge on any atom is 0.209 e. The van der Waals surface area contributed by atoms with Gasteiger partial charge in [0.15, 0.2) is 0 Å². The molecule has 0 spiro atoms. The number of aromatic nitrogens is 1. The zero-order valence-electron chi connectivity index (χ0n) is 13.6. The van der Waals surface area contributed by atoms with Crippen molar-refractivity contribution in [2.24, 2.45) is 4.99 Å². The Balaban J connectivity index is 1.54.